The number of nitrogens with zero attached hydrogens (tertiary/aromatic N) is 2. The monoisotopic (exact) mass is 417 g/mol. The van der Waals surface area contributed by atoms with E-state index in [1.165, 1.54) is 0 Å². The van der Waals surface area contributed by atoms with Crippen LogP contribution < -0.4 is 10.1 Å². The van der Waals surface area contributed by atoms with Gasteiger partial charge in [-0.3, -0.25) is 14.6 Å². The normalized spacial score (nSPS) is 11.4. The Morgan fingerprint density at radius 3 is 2.32 bits per heavy atom. The van der Waals surface area contributed by atoms with Gasteiger partial charge in [0.25, 0.3) is 0 Å². The molecule has 0 aliphatic rings. The van der Waals surface area contributed by atoms with Gasteiger partial charge in [0.15, 0.2) is 0 Å². The quantitative estimate of drug-likeness (QED) is 0.580. The molecule has 1 heterocycles. The molecule has 0 aliphatic carbocycles. The van der Waals surface area contributed by atoms with Crippen molar-refractivity contribution in [1.82, 2.24) is 15.2 Å². The van der Waals surface area contributed by atoms with Crippen LogP contribution in [0.1, 0.15) is 23.7 Å². The highest BCUT2D eigenvalue weighted by Gasteiger charge is 2.26. The van der Waals surface area contributed by atoms with Crippen molar-refractivity contribution in [3.8, 4) is 5.75 Å². The maximum absolute atomic E-state index is 13.2. The number of amides is 2. The van der Waals surface area contributed by atoms with Gasteiger partial charge in [0.05, 0.1) is 25.8 Å². The Balaban J connectivity index is 1.73. The van der Waals surface area contributed by atoms with Gasteiger partial charge >= 0.3 is 0 Å². The summed E-state index contributed by atoms with van der Waals surface area (Å²) in [5.74, 6) is 0.412. The largest absolute Gasteiger partial charge is 0.497 e. The van der Waals surface area contributed by atoms with Gasteiger partial charge in [-0.15, -0.1) is 0 Å². The standard InChI is InChI=1S/C25H27N3O3/c1-19(25(30)27-17-22-10-6-7-15-26-22)28(18-21-11-13-23(31-2)14-12-21)24(29)16-20-8-4-3-5-9-20/h3-15,19H,16-18H2,1-2H3,(H,27,30). The number of nitrogens with one attached hydrogen (secondary N) is 1. The third kappa shape index (κ3) is 6.40. The van der Waals surface area contributed by atoms with Crippen molar-refractivity contribution in [2.75, 3.05) is 7.11 Å². The second-order valence-electron chi connectivity index (χ2n) is 7.25. The lowest BCUT2D eigenvalue weighted by Gasteiger charge is -2.29. The van der Waals surface area contributed by atoms with E-state index in [4.69, 9.17) is 4.74 Å². The molecule has 0 radical (unpaired) electrons. The van der Waals surface area contributed by atoms with Gasteiger partial charge in [0.2, 0.25) is 11.8 Å². The molecule has 6 heteroatoms. The number of hydrogen-bond acceptors (Lipinski definition) is 4. The van der Waals surface area contributed by atoms with E-state index in [0.717, 1.165) is 22.6 Å². The minimum Gasteiger partial charge on any atom is -0.497 e. The molecule has 0 fully saturated rings. The topological polar surface area (TPSA) is 71.5 Å². The molecule has 1 aromatic heterocycles. The first kappa shape index (κ1) is 22.0. The fourth-order valence-corrected chi connectivity index (χ4v) is 3.21. The molecule has 0 bridgehead atoms. The number of pyridine rings is 1. The lowest BCUT2D eigenvalue weighted by molar-refractivity contribution is -0.140. The highest BCUT2D eigenvalue weighted by Crippen LogP contribution is 2.16. The second kappa shape index (κ2) is 10.9. The molecule has 2 amide bonds. The molecule has 160 valence electrons. The fraction of sp³-hybridized carbons (Fsp3) is 0.240. The van der Waals surface area contributed by atoms with Crippen LogP contribution in [0.15, 0.2) is 79.0 Å². The summed E-state index contributed by atoms with van der Waals surface area (Å²) in [7, 11) is 1.61. The molecule has 1 atom stereocenters. The number of ether oxygens (including phenoxy) is 1. The Kier molecular flexibility index (Phi) is 7.76. The van der Waals surface area contributed by atoms with Crippen LogP contribution in [0.2, 0.25) is 0 Å². The molecule has 2 aromatic carbocycles. The predicted octanol–water partition coefficient (Wildman–Crippen LogP) is 3.37. The molecule has 31 heavy (non-hydrogen) atoms. The minimum absolute atomic E-state index is 0.109. The summed E-state index contributed by atoms with van der Waals surface area (Å²) in [6.45, 7) is 2.39. The zero-order valence-corrected chi connectivity index (χ0v) is 17.8. The fourth-order valence-electron chi connectivity index (χ4n) is 3.21. The van der Waals surface area contributed by atoms with Gasteiger partial charge in [-0.25, -0.2) is 0 Å². The van der Waals surface area contributed by atoms with E-state index in [9.17, 15) is 9.59 Å². The van der Waals surface area contributed by atoms with Crippen molar-refractivity contribution in [3.05, 3.63) is 95.8 Å². The number of methoxy groups -OCH3 is 1. The minimum atomic E-state index is -0.637. The van der Waals surface area contributed by atoms with Crippen LogP contribution in [0.4, 0.5) is 0 Å². The highest BCUT2D eigenvalue weighted by atomic mass is 16.5. The van der Waals surface area contributed by atoms with Crippen LogP contribution in [-0.2, 0) is 29.1 Å². The SMILES string of the molecule is COc1ccc(CN(C(=O)Cc2ccccc2)C(C)C(=O)NCc2ccccn2)cc1. The zero-order valence-electron chi connectivity index (χ0n) is 17.8. The summed E-state index contributed by atoms with van der Waals surface area (Å²) in [6, 6.07) is 22.0. The van der Waals surface area contributed by atoms with Gasteiger partial charge in [-0.2, -0.15) is 0 Å². The first-order valence-corrected chi connectivity index (χ1v) is 10.2. The van der Waals surface area contributed by atoms with Gasteiger partial charge in [-0.1, -0.05) is 48.5 Å². The van der Waals surface area contributed by atoms with Gasteiger partial charge in [-0.05, 0) is 42.3 Å². The molecule has 0 saturated carbocycles. The number of hydrogen-bond donors (Lipinski definition) is 1. The van der Waals surface area contributed by atoms with Crippen LogP contribution >= 0.6 is 0 Å². The Morgan fingerprint density at radius 1 is 0.968 bits per heavy atom. The molecule has 3 aromatic rings. The predicted molar refractivity (Wildman–Crippen MR) is 119 cm³/mol. The van der Waals surface area contributed by atoms with Crippen LogP contribution in [0.25, 0.3) is 0 Å². The summed E-state index contributed by atoms with van der Waals surface area (Å²) >= 11 is 0. The van der Waals surface area contributed by atoms with E-state index in [1.807, 2.05) is 72.8 Å². The van der Waals surface area contributed by atoms with Gasteiger partial charge in [0.1, 0.15) is 11.8 Å². The van der Waals surface area contributed by atoms with Crippen molar-refractivity contribution in [3.63, 3.8) is 0 Å². The Hall–Kier alpha value is -3.67. The third-order valence-electron chi connectivity index (χ3n) is 5.05. The summed E-state index contributed by atoms with van der Waals surface area (Å²) in [4.78, 5) is 31.9. The molecule has 0 aliphatic heterocycles. The third-order valence-corrected chi connectivity index (χ3v) is 5.05. The number of benzene rings is 2. The van der Waals surface area contributed by atoms with E-state index in [0.29, 0.717) is 13.1 Å². The molecule has 6 nitrogen and oxygen atoms in total. The average Bonchev–Trinajstić information content (AvgIpc) is 2.82. The number of carbonyl (C=O) groups excluding carboxylic acids is 2. The summed E-state index contributed by atoms with van der Waals surface area (Å²) in [5.41, 5.74) is 2.60. The maximum atomic E-state index is 13.2. The van der Waals surface area contributed by atoms with E-state index in [2.05, 4.69) is 10.3 Å². The van der Waals surface area contributed by atoms with Crippen molar-refractivity contribution >= 4 is 11.8 Å². The molecule has 0 spiro atoms. The number of carbonyl (C=O) groups is 2. The van der Waals surface area contributed by atoms with Gasteiger partial charge < -0.3 is 15.0 Å². The van der Waals surface area contributed by atoms with E-state index in [-0.39, 0.29) is 18.2 Å². The van der Waals surface area contributed by atoms with E-state index in [1.54, 1.807) is 25.1 Å². The zero-order chi connectivity index (χ0) is 22.1. The average molecular weight is 418 g/mol. The maximum Gasteiger partial charge on any atom is 0.242 e. The van der Waals surface area contributed by atoms with E-state index < -0.39 is 6.04 Å². The lowest BCUT2D eigenvalue weighted by Crippen LogP contribution is -2.48. The smallest absolute Gasteiger partial charge is 0.242 e. The van der Waals surface area contributed by atoms with Crippen molar-refractivity contribution in [2.45, 2.75) is 32.5 Å². The van der Waals surface area contributed by atoms with E-state index >= 15 is 0 Å². The number of rotatable bonds is 9. The Morgan fingerprint density at radius 2 is 1.68 bits per heavy atom. The van der Waals surface area contributed by atoms with Crippen LogP contribution in [-0.4, -0.2) is 34.8 Å². The first-order chi connectivity index (χ1) is 15.1. The summed E-state index contributed by atoms with van der Waals surface area (Å²) < 4.78 is 5.21. The Labute approximate surface area is 182 Å². The molecule has 1 N–H and O–H groups in total. The van der Waals surface area contributed by atoms with Crippen LogP contribution in [0.5, 0.6) is 5.75 Å². The van der Waals surface area contributed by atoms with Gasteiger partial charge in [0, 0.05) is 12.7 Å². The highest BCUT2D eigenvalue weighted by molar-refractivity contribution is 5.88. The van der Waals surface area contributed by atoms with Crippen LogP contribution in [0.3, 0.4) is 0 Å². The van der Waals surface area contributed by atoms with Crippen molar-refractivity contribution in [2.24, 2.45) is 0 Å². The second-order valence-corrected chi connectivity index (χ2v) is 7.25. The molecule has 3 rings (SSSR count). The first-order valence-electron chi connectivity index (χ1n) is 10.2. The summed E-state index contributed by atoms with van der Waals surface area (Å²) in [6.07, 6.45) is 1.92. The lowest BCUT2D eigenvalue weighted by atomic mass is 10.1. The molecular weight excluding hydrogens is 390 g/mol. The molecule has 1 unspecified atom stereocenters. The van der Waals surface area contributed by atoms with Crippen molar-refractivity contribution < 1.29 is 14.3 Å². The summed E-state index contributed by atoms with van der Waals surface area (Å²) in [5, 5.41) is 2.89. The Bertz CT molecular complexity index is 976. The molecular formula is C25H27N3O3. The van der Waals surface area contributed by atoms with Crippen LogP contribution in [0, 0.1) is 0 Å². The molecule has 0 saturated heterocycles. The van der Waals surface area contributed by atoms with Crippen molar-refractivity contribution in [1.29, 1.82) is 0 Å². The number of aromatic nitrogens is 1.